The summed E-state index contributed by atoms with van der Waals surface area (Å²) < 4.78 is 0. The second kappa shape index (κ2) is 4.47. The molecule has 0 aliphatic rings. The fraction of sp³-hybridized carbons (Fsp3) is 0.444. The van der Waals surface area contributed by atoms with Gasteiger partial charge in [0.25, 0.3) is 0 Å². The first kappa shape index (κ1) is 11.4. The molecule has 5 heteroatoms. The zero-order chi connectivity index (χ0) is 11.2. The van der Waals surface area contributed by atoms with Crippen LogP contribution in [0.15, 0.2) is 0 Å². The van der Waals surface area contributed by atoms with Crippen LogP contribution in [0, 0.1) is 73.9 Å². The maximum Gasteiger partial charge on any atom is 0.187 e. The van der Waals surface area contributed by atoms with E-state index < -0.39 is 17.3 Å². The molecule has 0 fully saturated rings. The summed E-state index contributed by atoms with van der Waals surface area (Å²) in [6.45, 7) is 1.34. The third kappa shape index (κ3) is 1.47. The molecule has 0 saturated carbocycles. The molecule has 0 aromatic rings. The molecular formula is C9H5N5. The summed E-state index contributed by atoms with van der Waals surface area (Å²) in [6, 6.07) is 7.99. The van der Waals surface area contributed by atoms with Crippen LogP contribution < -0.4 is 0 Å². The maximum atomic E-state index is 8.78. The van der Waals surface area contributed by atoms with Gasteiger partial charge in [0, 0.05) is 0 Å². The van der Waals surface area contributed by atoms with E-state index in [0.717, 1.165) is 0 Å². The van der Waals surface area contributed by atoms with E-state index in [1.54, 1.807) is 30.3 Å². The smallest absolute Gasteiger partial charge is 0.187 e. The van der Waals surface area contributed by atoms with Gasteiger partial charge in [-0.15, -0.1) is 0 Å². The fourth-order valence-electron chi connectivity index (χ4n) is 0.932. The third-order valence-electron chi connectivity index (χ3n) is 1.96. The Morgan fingerprint density at radius 3 is 1.50 bits per heavy atom. The highest BCUT2D eigenvalue weighted by atomic mass is 14.5. The molecule has 0 spiro atoms. The molecule has 66 valence electrons. The number of hydrogen-bond donors (Lipinski definition) is 0. The van der Waals surface area contributed by atoms with E-state index >= 15 is 0 Å². The minimum Gasteiger partial charge on any atom is -0.198 e. The Hall–Kier alpha value is -2.55. The van der Waals surface area contributed by atoms with Gasteiger partial charge in [0.15, 0.2) is 11.3 Å². The minimum absolute atomic E-state index is 0.984. The monoisotopic (exact) mass is 183 g/mol. The SMILES string of the molecule is CC(C#N)C(C#N)(C#N)C(C#N)C#N. The first-order valence-electron chi connectivity index (χ1n) is 3.64. The molecule has 0 heterocycles. The molecular weight excluding hydrogens is 178 g/mol. The Morgan fingerprint density at radius 1 is 0.857 bits per heavy atom. The van der Waals surface area contributed by atoms with Crippen molar-refractivity contribution in [3.05, 3.63) is 0 Å². The molecule has 0 N–H and O–H groups in total. The van der Waals surface area contributed by atoms with E-state index in [0.29, 0.717) is 0 Å². The molecule has 0 rings (SSSR count). The lowest BCUT2D eigenvalue weighted by molar-refractivity contribution is 0.366. The predicted molar refractivity (Wildman–Crippen MR) is 43.2 cm³/mol. The lowest BCUT2D eigenvalue weighted by atomic mass is 9.70. The highest BCUT2D eigenvalue weighted by molar-refractivity contribution is 5.30. The molecule has 5 nitrogen and oxygen atoms in total. The van der Waals surface area contributed by atoms with Crippen LogP contribution in [0.3, 0.4) is 0 Å². The lowest BCUT2D eigenvalue weighted by Gasteiger charge is -2.20. The molecule has 1 atom stereocenters. The third-order valence-corrected chi connectivity index (χ3v) is 1.96. The molecule has 0 saturated heterocycles. The van der Waals surface area contributed by atoms with Crippen LogP contribution in [-0.4, -0.2) is 0 Å². The summed E-state index contributed by atoms with van der Waals surface area (Å²) in [5.74, 6) is -2.39. The van der Waals surface area contributed by atoms with Crippen molar-refractivity contribution in [2.24, 2.45) is 17.3 Å². The molecule has 0 radical (unpaired) electrons. The average Bonchev–Trinajstić information content (AvgIpc) is 2.25. The van der Waals surface area contributed by atoms with Gasteiger partial charge >= 0.3 is 0 Å². The summed E-state index contributed by atoms with van der Waals surface area (Å²) in [6.07, 6.45) is 0. The Kier molecular flexibility index (Phi) is 3.66. The highest BCUT2D eigenvalue weighted by Crippen LogP contribution is 2.34. The molecule has 14 heavy (non-hydrogen) atoms. The van der Waals surface area contributed by atoms with Crippen LogP contribution in [0.4, 0.5) is 0 Å². The fourth-order valence-corrected chi connectivity index (χ4v) is 0.932. The zero-order valence-electron chi connectivity index (χ0n) is 7.39. The van der Waals surface area contributed by atoms with Crippen LogP contribution >= 0.6 is 0 Å². The molecule has 0 bridgehead atoms. The van der Waals surface area contributed by atoms with E-state index in [1.807, 2.05) is 0 Å². The Morgan fingerprint density at radius 2 is 1.29 bits per heavy atom. The standard InChI is InChI=1S/C9H5N5/c1-7(2-10)9(5-13,6-14)8(3-11)4-12/h7-8H,1H3. The second-order valence-electron chi connectivity index (χ2n) is 2.63. The van der Waals surface area contributed by atoms with Crippen LogP contribution in [-0.2, 0) is 0 Å². The summed E-state index contributed by atoms with van der Waals surface area (Å²) in [5, 5.41) is 43.3. The van der Waals surface area contributed by atoms with Crippen molar-refractivity contribution >= 4 is 0 Å². The van der Waals surface area contributed by atoms with Crippen LogP contribution in [0.2, 0.25) is 0 Å². The first-order chi connectivity index (χ1) is 6.62. The van der Waals surface area contributed by atoms with Crippen molar-refractivity contribution in [1.29, 1.82) is 26.3 Å². The summed E-state index contributed by atoms with van der Waals surface area (Å²) in [7, 11) is 0. The van der Waals surface area contributed by atoms with Crippen molar-refractivity contribution in [2.45, 2.75) is 6.92 Å². The van der Waals surface area contributed by atoms with E-state index in [-0.39, 0.29) is 0 Å². The molecule has 0 aromatic carbocycles. The van der Waals surface area contributed by atoms with Gasteiger partial charge in [-0.05, 0) is 6.92 Å². The number of nitriles is 5. The van der Waals surface area contributed by atoms with Crippen molar-refractivity contribution in [3.63, 3.8) is 0 Å². The predicted octanol–water partition coefficient (Wildman–Crippen LogP) is 0.843. The molecule has 0 aromatic heterocycles. The van der Waals surface area contributed by atoms with Gasteiger partial charge in [-0.2, -0.15) is 26.3 Å². The zero-order valence-corrected chi connectivity index (χ0v) is 7.39. The average molecular weight is 183 g/mol. The Balaban J connectivity index is 5.52. The van der Waals surface area contributed by atoms with Crippen LogP contribution in [0.1, 0.15) is 6.92 Å². The lowest BCUT2D eigenvalue weighted by Crippen LogP contribution is -2.32. The van der Waals surface area contributed by atoms with Gasteiger partial charge in [-0.3, -0.25) is 0 Å². The van der Waals surface area contributed by atoms with E-state index in [1.165, 1.54) is 6.92 Å². The summed E-state index contributed by atoms with van der Waals surface area (Å²) >= 11 is 0. The number of nitrogens with zero attached hydrogens (tertiary/aromatic N) is 5. The van der Waals surface area contributed by atoms with Crippen LogP contribution in [0.5, 0.6) is 0 Å². The van der Waals surface area contributed by atoms with Crippen molar-refractivity contribution in [1.82, 2.24) is 0 Å². The van der Waals surface area contributed by atoms with Crippen molar-refractivity contribution < 1.29 is 0 Å². The van der Waals surface area contributed by atoms with E-state index in [2.05, 4.69) is 0 Å². The molecule has 1 unspecified atom stereocenters. The van der Waals surface area contributed by atoms with E-state index in [4.69, 9.17) is 26.3 Å². The Labute approximate surface area is 81.6 Å². The van der Waals surface area contributed by atoms with Gasteiger partial charge in [-0.25, -0.2) is 0 Å². The molecule has 0 aliphatic carbocycles. The summed E-state index contributed by atoms with van der Waals surface area (Å²) in [5.41, 5.74) is -1.86. The number of rotatable bonds is 2. The molecule has 0 aliphatic heterocycles. The van der Waals surface area contributed by atoms with Gasteiger partial charge in [0.1, 0.15) is 0 Å². The van der Waals surface area contributed by atoms with Gasteiger partial charge in [0.05, 0.1) is 36.3 Å². The van der Waals surface area contributed by atoms with Gasteiger partial charge in [-0.1, -0.05) is 0 Å². The maximum absolute atomic E-state index is 8.78. The quantitative estimate of drug-likeness (QED) is 0.628. The summed E-state index contributed by atoms with van der Waals surface area (Å²) in [4.78, 5) is 0. The first-order valence-corrected chi connectivity index (χ1v) is 3.64. The minimum atomic E-state index is -1.86. The van der Waals surface area contributed by atoms with Crippen LogP contribution in [0.25, 0.3) is 0 Å². The topological polar surface area (TPSA) is 119 Å². The van der Waals surface area contributed by atoms with E-state index in [9.17, 15) is 0 Å². The Bertz CT molecular complexity index is 389. The second-order valence-corrected chi connectivity index (χ2v) is 2.63. The highest BCUT2D eigenvalue weighted by Gasteiger charge is 2.46. The van der Waals surface area contributed by atoms with Gasteiger partial charge in [0.2, 0.25) is 0 Å². The largest absolute Gasteiger partial charge is 0.198 e. The molecule has 0 amide bonds. The van der Waals surface area contributed by atoms with Crippen molar-refractivity contribution in [2.75, 3.05) is 0 Å². The normalized spacial score (nSPS) is 11.2. The van der Waals surface area contributed by atoms with Crippen molar-refractivity contribution in [3.8, 4) is 30.3 Å². The number of hydrogen-bond acceptors (Lipinski definition) is 5. The van der Waals surface area contributed by atoms with Gasteiger partial charge < -0.3 is 0 Å².